The molecule has 0 radical (unpaired) electrons. The largest absolute Gasteiger partial charge is 0.254 e. The monoisotopic (exact) mass is 256 g/mol. The minimum Gasteiger partial charge on any atom is -0.254 e. The summed E-state index contributed by atoms with van der Waals surface area (Å²) in [5.41, 5.74) is 2.62. The predicted molar refractivity (Wildman–Crippen MR) is 70.7 cm³/mol. The van der Waals surface area contributed by atoms with Crippen molar-refractivity contribution in [2.24, 2.45) is 0 Å². The van der Waals surface area contributed by atoms with Gasteiger partial charge in [0, 0.05) is 17.1 Å². The smallest absolute Gasteiger partial charge is 0.142 e. The Balaban J connectivity index is 1.97. The molecule has 0 bridgehead atoms. The molecule has 0 saturated carbocycles. The van der Waals surface area contributed by atoms with E-state index in [-0.39, 0.29) is 5.82 Å². The van der Waals surface area contributed by atoms with Crippen LogP contribution >= 0.6 is 11.3 Å². The van der Waals surface area contributed by atoms with Gasteiger partial charge in [0.1, 0.15) is 10.8 Å². The molecule has 4 heteroatoms. The van der Waals surface area contributed by atoms with E-state index in [4.69, 9.17) is 0 Å². The molecule has 3 rings (SSSR count). The van der Waals surface area contributed by atoms with Gasteiger partial charge in [0.15, 0.2) is 0 Å². The first-order chi connectivity index (χ1) is 8.83. The van der Waals surface area contributed by atoms with Gasteiger partial charge in [-0.05, 0) is 36.4 Å². The van der Waals surface area contributed by atoms with Crippen LogP contribution < -0.4 is 0 Å². The van der Waals surface area contributed by atoms with Crippen LogP contribution in [0.2, 0.25) is 0 Å². The molecule has 2 nitrogen and oxygen atoms in total. The van der Waals surface area contributed by atoms with E-state index < -0.39 is 0 Å². The Hall–Kier alpha value is -2.07. The fourth-order valence-corrected chi connectivity index (χ4v) is 2.44. The first kappa shape index (κ1) is 11.0. The van der Waals surface area contributed by atoms with E-state index >= 15 is 0 Å². The molecule has 0 aliphatic heterocycles. The Morgan fingerprint density at radius 1 is 0.944 bits per heavy atom. The molecule has 0 atom stereocenters. The molecule has 0 unspecified atom stereocenters. The number of thiazole rings is 1. The Morgan fingerprint density at radius 3 is 2.50 bits per heavy atom. The van der Waals surface area contributed by atoms with Crippen LogP contribution in [0.25, 0.3) is 22.0 Å². The van der Waals surface area contributed by atoms with Crippen molar-refractivity contribution in [3.63, 3.8) is 0 Å². The van der Waals surface area contributed by atoms with E-state index in [2.05, 4.69) is 9.97 Å². The highest BCUT2D eigenvalue weighted by Crippen LogP contribution is 2.27. The third-order valence-electron chi connectivity index (χ3n) is 2.53. The van der Waals surface area contributed by atoms with Gasteiger partial charge in [0.05, 0.1) is 11.4 Å². The van der Waals surface area contributed by atoms with Crippen LogP contribution in [-0.4, -0.2) is 9.97 Å². The summed E-state index contributed by atoms with van der Waals surface area (Å²) in [5.74, 6) is -0.237. The van der Waals surface area contributed by atoms with Crippen molar-refractivity contribution >= 4 is 11.3 Å². The summed E-state index contributed by atoms with van der Waals surface area (Å²) in [6.45, 7) is 0. The van der Waals surface area contributed by atoms with Crippen LogP contribution in [0.15, 0.2) is 54.0 Å². The van der Waals surface area contributed by atoms with Gasteiger partial charge in [0.2, 0.25) is 0 Å². The average Bonchev–Trinajstić information content (AvgIpc) is 2.90. The van der Waals surface area contributed by atoms with Crippen molar-refractivity contribution in [2.45, 2.75) is 0 Å². The van der Waals surface area contributed by atoms with Gasteiger partial charge in [-0.25, -0.2) is 9.37 Å². The maximum Gasteiger partial charge on any atom is 0.142 e. The highest BCUT2D eigenvalue weighted by atomic mass is 32.1. The zero-order valence-electron chi connectivity index (χ0n) is 9.38. The molecule has 1 aromatic carbocycles. The Morgan fingerprint density at radius 2 is 1.78 bits per heavy atom. The summed E-state index contributed by atoms with van der Waals surface area (Å²) in [4.78, 5) is 8.77. The number of halogens is 1. The molecule has 2 aromatic heterocycles. The fourth-order valence-electron chi connectivity index (χ4n) is 1.63. The summed E-state index contributed by atoms with van der Waals surface area (Å²) in [7, 11) is 0. The number of pyridine rings is 1. The molecule has 18 heavy (non-hydrogen) atoms. The minimum atomic E-state index is -0.237. The molecule has 0 aliphatic carbocycles. The number of hydrogen-bond donors (Lipinski definition) is 0. The highest BCUT2D eigenvalue weighted by molar-refractivity contribution is 7.13. The second kappa shape index (κ2) is 4.66. The van der Waals surface area contributed by atoms with Gasteiger partial charge < -0.3 is 0 Å². The summed E-state index contributed by atoms with van der Waals surface area (Å²) in [6, 6.07) is 12.1. The van der Waals surface area contributed by atoms with Gasteiger partial charge >= 0.3 is 0 Å². The number of rotatable bonds is 2. The van der Waals surface area contributed by atoms with Gasteiger partial charge in [-0.15, -0.1) is 11.3 Å². The lowest BCUT2D eigenvalue weighted by atomic mass is 10.2. The lowest BCUT2D eigenvalue weighted by Gasteiger charge is -1.96. The second-order valence-corrected chi connectivity index (χ2v) is 4.62. The lowest BCUT2D eigenvalue weighted by molar-refractivity contribution is 0.628. The number of aromatic nitrogens is 2. The molecular weight excluding hydrogens is 247 g/mol. The van der Waals surface area contributed by atoms with Crippen LogP contribution in [0.1, 0.15) is 0 Å². The van der Waals surface area contributed by atoms with Crippen molar-refractivity contribution < 1.29 is 4.39 Å². The number of hydrogen-bond acceptors (Lipinski definition) is 3. The van der Waals surface area contributed by atoms with Crippen molar-refractivity contribution in [1.29, 1.82) is 0 Å². The maximum atomic E-state index is 12.8. The fraction of sp³-hybridized carbons (Fsp3) is 0. The molecule has 0 N–H and O–H groups in total. The Labute approximate surface area is 108 Å². The SMILES string of the molecule is Fc1ccc(-c2csc(-c3ccccn3)n2)cc1. The molecule has 0 fully saturated rings. The Kier molecular flexibility index (Phi) is 2.86. The van der Waals surface area contributed by atoms with Gasteiger partial charge in [-0.2, -0.15) is 0 Å². The predicted octanol–water partition coefficient (Wildman–Crippen LogP) is 4.01. The molecule has 3 aromatic rings. The molecule has 0 spiro atoms. The first-order valence-corrected chi connectivity index (χ1v) is 6.34. The maximum absolute atomic E-state index is 12.8. The molecule has 88 valence electrons. The van der Waals surface area contributed by atoms with E-state index in [9.17, 15) is 4.39 Å². The molecule has 2 heterocycles. The van der Waals surface area contributed by atoms with Crippen LogP contribution in [-0.2, 0) is 0 Å². The summed E-state index contributed by atoms with van der Waals surface area (Å²) < 4.78 is 12.8. The average molecular weight is 256 g/mol. The summed E-state index contributed by atoms with van der Waals surface area (Å²) >= 11 is 1.53. The number of benzene rings is 1. The third-order valence-corrected chi connectivity index (χ3v) is 3.39. The molecular formula is C14H9FN2S. The van der Waals surface area contributed by atoms with E-state index in [0.717, 1.165) is 22.0 Å². The van der Waals surface area contributed by atoms with Gasteiger partial charge in [0.25, 0.3) is 0 Å². The molecule has 0 saturated heterocycles. The van der Waals surface area contributed by atoms with Crippen molar-refractivity contribution in [3.05, 3.63) is 59.9 Å². The summed E-state index contributed by atoms with van der Waals surface area (Å²) in [5, 5.41) is 2.83. The lowest BCUT2D eigenvalue weighted by Crippen LogP contribution is -1.82. The van der Waals surface area contributed by atoms with E-state index in [0.29, 0.717) is 0 Å². The molecule has 0 aliphatic rings. The first-order valence-electron chi connectivity index (χ1n) is 5.46. The Bertz CT molecular complexity index is 647. The van der Waals surface area contributed by atoms with Crippen molar-refractivity contribution in [2.75, 3.05) is 0 Å². The van der Waals surface area contributed by atoms with Gasteiger partial charge in [-0.3, -0.25) is 4.98 Å². The third kappa shape index (κ3) is 2.15. The van der Waals surface area contributed by atoms with E-state index in [1.807, 2.05) is 23.6 Å². The topological polar surface area (TPSA) is 25.8 Å². The van der Waals surface area contributed by atoms with Gasteiger partial charge in [-0.1, -0.05) is 6.07 Å². The zero-order chi connectivity index (χ0) is 12.4. The quantitative estimate of drug-likeness (QED) is 0.692. The van der Waals surface area contributed by atoms with Crippen molar-refractivity contribution in [3.8, 4) is 22.0 Å². The molecule has 0 amide bonds. The van der Waals surface area contributed by atoms with Crippen LogP contribution in [0.3, 0.4) is 0 Å². The zero-order valence-corrected chi connectivity index (χ0v) is 10.2. The summed E-state index contributed by atoms with van der Waals surface area (Å²) in [6.07, 6.45) is 1.74. The minimum absolute atomic E-state index is 0.237. The van der Waals surface area contributed by atoms with Crippen LogP contribution in [0, 0.1) is 5.82 Å². The standard InChI is InChI=1S/C14H9FN2S/c15-11-6-4-10(5-7-11)13-9-18-14(17-13)12-3-1-2-8-16-12/h1-9H. The van der Waals surface area contributed by atoms with Crippen LogP contribution in [0.4, 0.5) is 4.39 Å². The van der Waals surface area contributed by atoms with E-state index in [1.54, 1.807) is 18.3 Å². The van der Waals surface area contributed by atoms with Crippen LogP contribution in [0.5, 0.6) is 0 Å². The normalized spacial score (nSPS) is 10.5. The van der Waals surface area contributed by atoms with Crippen molar-refractivity contribution in [1.82, 2.24) is 9.97 Å². The number of nitrogens with zero attached hydrogens (tertiary/aromatic N) is 2. The second-order valence-electron chi connectivity index (χ2n) is 3.76. The highest BCUT2D eigenvalue weighted by Gasteiger charge is 2.07. The van der Waals surface area contributed by atoms with E-state index in [1.165, 1.54) is 23.5 Å².